The number of rotatable bonds is 6. The van der Waals surface area contributed by atoms with Crippen molar-refractivity contribution >= 4 is 27.3 Å². The second kappa shape index (κ2) is 6.53. The van der Waals surface area contributed by atoms with Gasteiger partial charge in [0.05, 0.1) is 23.5 Å². The first kappa shape index (κ1) is 15.5. The molecule has 106 valence electrons. The van der Waals surface area contributed by atoms with Crippen LogP contribution in [-0.2, 0) is 14.8 Å². The Bertz CT molecular complexity index is 539. The lowest BCUT2D eigenvalue weighted by molar-refractivity contribution is -0.119. The van der Waals surface area contributed by atoms with Crippen molar-refractivity contribution in [2.75, 3.05) is 22.8 Å². The van der Waals surface area contributed by atoms with Gasteiger partial charge < -0.3 is 11.1 Å². The largest absolute Gasteiger partial charge is 0.330 e. The Balaban J connectivity index is 2.92. The highest BCUT2D eigenvalue weighted by Crippen LogP contribution is 2.22. The SMILES string of the molecule is CCC(CN)C(=O)Nc1ccccc1NS(C)(=O)=O. The molecular weight excluding hydrogens is 266 g/mol. The second-order valence-electron chi connectivity index (χ2n) is 4.25. The van der Waals surface area contributed by atoms with Crippen LogP contribution in [0.2, 0.25) is 0 Å². The van der Waals surface area contributed by atoms with Crippen molar-refractivity contribution in [1.29, 1.82) is 0 Å². The van der Waals surface area contributed by atoms with Gasteiger partial charge in [0.2, 0.25) is 15.9 Å². The Hall–Kier alpha value is -1.60. The Labute approximate surface area is 113 Å². The minimum absolute atomic E-state index is 0.215. The summed E-state index contributed by atoms with van der Waals surface area (Å²) in [7, 11) is -3.39. The second-order valence-corrected chi connectivity index (χ2v) is 6.00. The lowest BCUT2D eigenvalue weighted by atomic mass is 10.1. The highest BCUT2D eigenvalue weighted by Gasteiger charge is 2.16. The summed E-state index contributed by atoms with van der Waals surface area (Å²) in [5.74, 6) is -0.501. The number of sulfonamides is 1. The molecule has 0 radical (unpaired) electrons. The monoisotopic (exact) mass is 285 g/mol. The first-order chi connectivity index (χ1) is 8.87. The summed E-state index contributed by atoms with van der Waals surface area (Å²) in [4.78, 5) is 11.9. The highest BCUT2D eigenvalue weighted by molar-refractivity contribution is 7.92. The van der Waals surface area contributed by atoms with Gasteiger partial charge in [-0.2, -0.15) is 0 Å². The average Bonchev–Trinajstić information content (AvgIpc) is 2.31. The third-order valence-corrected chi connectivity index (χ3v) is 3.22. The Kier molecular flexibility index (Phi) is 5.31. The number of hydrogen-bond donors (Lipinski definition) is 3. The van der Waals surface area contributed by atoms with Crippen molar-refractivity contribution in [3.63, 3.8) is 0 Å². The summed E-state index contributed by atoms with van der Waals surface area (Å²) in [5.41, 5.74) is 6.26. The molecule has 0 aliphatic heterocycles. The zero-order chi connectivity index (χ0) is 14.5. The van der Waals surface area contributed by atoms with E-state index in [-0.39, 0.29) is 18.4 Å². The Morgan fingerprint density at radius 3 is 2.37 bits per heavy atom. The molecule has 1 aromatic rings. The van der Waals surface area contributed by atoms with E-state index in [1.807, 2.05) is 6.92 Å². The van der Waals surface area contributed by atoms with E-state index in [1.165, 1.54) is 0 Å². The lowest BCUT2D eigenvalue weighted by Crippen LogP contribution is -2.29. The van der Waals surface area contributed by atoms with Gasteiger partial charge in [-0.05, 0) is 18.6 Å². The molecule has 0 bridgehead atoms. The zero-order valence-corrected chi connectivity index (χ0v) is 11.8. The molecule has 1 amide bonds. The summed E-state index contributed by atoms with van der Waals surface area (Å²) in [6.07, 6.45) is 1.68. The van der Waals surface area contributed by atoms with E-state index in [0.717, 1.165) is 6.26 Å². The van der Waals surface area contributed by atoms with Gasteiger partial charge in [-0.3, -0.25) is 9.52 Å². The molecule has 0 heterocycles. The zero-order valence-electron chi connectivity index (χ0n) is 11.0. The van der Waals surface area contributed by atoms with Crippen LogP contribution in [0.4, 0.5) is 11.4 Å². The van der Waals surface area contributed by atoms with Gasteiger partial charge in [-0.1, -0.05) is 19.1 Å². The number of hydrogen-bond acceptors (Lipinski definition) is 4. The van der Waals surface area contributed by atoms with Gasteiger partial charge in [0.1, 0.15) is 0 Å². The number of anilines is 2. The van der Waals surface area contributed by atoms with Crippen molar-refractivity contribution < 1.29 is 13.2 Å². The fourth-order valence-corrected chi connectivity index (χ4v) is 2.15. The molecule has 0 saturated heterocycles. The molecule has 0 saturated carbocycles. The quantitative estimate of drug-likeness (QED) is 0.725. The van der Waals surface area contributed by atoms with Crippen LogP contribution in [0.15, 0.2) is 24.3 Å². The predicted octanol–water partition coefficient (Wildman–Crippen LogP) is 0.982. The predicted molar refractivity (Wildman–Crippen MR) is 76.4 cm³/mol. The maximum atomic E-state index is 11.9. The molecule has 19 heavy (non-hydrogen) atoms. The maximum Gasteiger partial charge on any atom is 0.229 e. The smallest absolute Gasteiger partial charge is 0.229 e. The number of nitrogens with one attached hydrogen (secondary N) is 2. The van der Waals surface area contributed by atoms with E-state index < -0.39 is 10.0 Å². The molecule has 1 aromatic carbocycles. The maximum absolute atomic E-state index is 11.9. The summed E-state index contributed by atoms with van der Waals surface area (Å²) in [6.45, 7) is 2.13. The number of para-hydroxylation sites is 2. The van der Waals surface area contributed by atoms with E-state index >= 15 is 0 Å². The molecule has 1 rings (SSSR count). The van der Waals surface area contributed by atoms with Crippen LogP contribution < -0.4 is 15.8 Å². The van der Waals surface area contributed by atoms with Crippen LogP contribution in [0.25, 0.3) is 0 Å². The summed E-state index contributed by atoms with van der Waals surface area (Å²) < 4.78 is 24.8. The topological polar surface area (TPSA) is 101 Å². The van der Waals surface area contributed by atoms with E-state index in [9.17, 15) is 13.2 Å². The van der Waals surface area contributed by atoms with Crippen LogP contribution in [0, 0.1) is 5.92 Å². The summed E-state index contributed by atoms with van der Waals surface area (Å²) >= 11 is 0. The van der Waals surface area contributed by atoms with Gasteiger partial charge >= 0.3 is 0 Å². The van der Waals surface area contributed by atoms with E-state index in [0.29, 0.717) is 17.8 Å². The van der Waals surface area contributed by atoms with E-state index in [2.05, 4.69) is 10.0 Å². The van der Waals surface area contributed by atoms with Crippen molar-refractivity contribution in [2.45, 2.75) is 13.3 Å². The molecule has 0 spiro atoms. The first-order valence-corrected chi connectivity index (χ1v) is 7.84. The Morgan fingerprint density at radius 1 is 1.32 bits per heavy atom. The fraction of sp³-hybridized carbons (Fsp3) is 0.417. The molecule has 0 aliphatic carbocycles. The minimum atomic E-state index is -3.39. The Morgan fingerprint density at radius 2 is 1.89 bits per heavy atom. The number of carbonyl (C=O) groups is 1. The number of amides is 1. The van der Waals surface area contributed by atoms with Crippen LogP contribution in [0.5, 0.6) is 0 Å². The molecule has 7 heteroatoms. The van der Waals surface area contributed by atoms with Crippen LogP contribution in [0.1, 0.15) is 13.3 Å². The van der Waals surface area contributed by atoms with Crippen molar-refractivity contribution in [3.05, 3.63) is 24.3 Å². The lowest BCUT2D eigenvalue weighted by Gasteiger charge is -2.15. The third-order valence-electron chi connectivity index (χ3n) is 2.63. The van der Waals surface area contributed by atoms with Gasteiger partial charge in [-0.15, -0.1) is 0 Å². The van der Waals surface area contributed by atoms with Gasteiger partial charge in [-0.25, -0.2) is 8.42 Å². The first-order valence-electron chi connectivity index (χ1n) is 5.95. The minimum Gasteiger partial charge on any atom is -0.330 e. The molecule has 6 nitrogen and oxygen atoms in total. The molecule has 4 N–H and O–H groups in total. The van der Waals surface area contributed by atoms with E-state index in [1.54, 1.807) is 24.3 Å². The van der Waals surface area contributed by atoms with Gasteiger partial charge in [0, 0.05) is 6.54 Å². The molecule has 0 aliphatic rings. The summed E-state index contributed by atoms with van der Waals surface area (Å²) in [6, 6.07) is 6.62. The number of benzene rings is 1. The summed E-state index contributed by atoms with van der Waals surface area (Å²) in [5, 5.41) is 2.69. The van der Waals surface area contributed by atoms with E-state index in [4.69, 9.17) is 5.73 Å². The third kappa shape index (κ3) is 4.88. The number of carbonyl (C=O) groups excluding carboxylic acids is 1. The van der Waals surface area contributed by atoms with Crippen LogP contribution in [0.3, 0.4) is 0 Å². The van der Waals surface area contributed by atoms with Crippen LogP contribution in [-0.4, -0.2) is 27.1 Å². The normalized spacial score (nSPS) is 12.8. The molecule has 0 fully saturated rings. The standard InChI is InChI=1S/C12H19N3O3S/c1-3-9(8-13)12(16)14-10-6-4-5-7-11(10)15-19(2,17)18/h4-7,9,15H,3,8,13H2,1-2H3,(H,14,16). The molecule has 0 aromatic heterocycles. The molecule has 1 atom stereocenters. The molecule has 1 unspecified atom stereocenters. The van der Waals surface area contributed by atoms with Crippen molar-refractivity contribution in [1.82, 2.24) is 0 Å². The van der Waals surface area contributed by atoms with Crippen molar-refractivity contribution in [2.24, 2.45) is 11.7 Å². The molecular formula is C12H19N3O3S. The number of nitrogens with two attached hydrogens (primary N) is 1. The van der Waals surface area contributed by atoms with Crippen LogP contribution >= 0.6 is 0 Å². The fourth-order valence-electron chi connectivity index (χ4n) is 1.57. The van der Waals surface area contributed by atoms with Gasteiger partial charge in [0.25, 0.3) is 0 Å². The van der Waals surface area contributed by atoms with Crippen molar-refractivity contribution in [3.8, 4) is 0 Å². The average molecular weight is 285 g/mol. The highest BCUT2D eigenvalue weighted by atomic mass is 32.2. The van der Waals surface area contributed by atoms with Gasteiger partial charge in [0.15, 0.2) is 0 Å².